The molecule has 68 valence electrons. The lowest BCUT2D eigenvalue weighted by atomic mass is 10.1. The van der Waals surface area contributed by atoms with Crippen LogP contribution in [0.4, 0.5) is 0 Å². The van der Waals surface area contributed by atoms with Gasteiger partial charge in [-0.1, -0.05) is 0 Å². The van der Waals surface area contributed by atoms with Gasteiger partial charge in [0.05, 0.1) is 12.7 Å². The Kier molecular flexibility index (Phi) is 1.86. The maximum atomic E-state index is 10.0. The van der Waals surface area contributed by atoms with Gasteiger partial charge in [0.1, 0.15) is 6.10 Å². The summed E-state index contributed by atoms with van der Waals surface area (Å²) in [5, 5.41) is 9.22. The van der Waals surface area contributed by atoms with Crippen LogP contribution in [-0.2, 0) is 14.3 Å². The molecule has 2 saturated heterocycles. The van der Waals surface area contributed by atoms with Crippen LogP contribution in [-0.4, -0.2) is 36.6 Å². The normalized spacial score (nSPS) is 39.5. The molecule has 0 spiro atoms. The highest BCUT2D eigenvalue weighted by Gasteiger charge is 2.43. The zero-order chi connectivity index (χ0) is 8.55. The molecular formula is C6H9NO5. The smallest absolute Gasteiger partial charge is 0.294 e. The average Bonchev–Trinajstić information content (AvgIpc) is 2.52. The van der Waals surface area contributed by atoms with Gasteiger partial charge < -0.3 is 14.3 Å². The second kappa shape index (κ2) is 2.87. The van der Waals surface area contributed by atoms with Crippen molar-refractivity contribution in [2.45, 2.75) is 24.7 Å². The summed E-state index contributed by atoms with van der Waals surface area (Å²) in [4.78, 5) is 14.4. The van der Waals surface area contributed by atoms with Crippen LogP contribution in [0.3, 0.4) is 0 Å². The molecule has 2 rings (SSSR count). The molecule has 0 radical (unpaired) electrons. The van der Waals surface area contributed by atoms with Crippen LogP contribution in [0, 0.1) is 10.1 Å². The zero-order valence-electron chi connectivity index (χ0n) is 6.34. The molecule has 0 aliphatic carbocycles. The van der Waals surface area contributed by atoms with Crippen LogP contribution >= 0.6 is 0 Å². The highest BCUT2D eigenvalue weighted by atomic mass is 17.0. The van der Waals surface area contributed by atoms with E-state index in [4.69, 9.17) is 9.47 Å². The van der Waals surface area contributed by atoms with E-state index in [0.29, 0.717) is 6.61 Å². The van der Waals surface area contributed by atoms with Crippen LogP contribution in [0.1, 0.15) is 6.42 Å². The zero-order valence-corrected chi connectivity index (χ0v) is 6.34. The molecule has 6 nitrogen and oxygen atoms in total. The van der Waals surface area contributed by atoms with Gasteiger partial charge in [0.15, 0.2) is 6.10 Å². The predicted molar refractivity (Wildman–Crippen MR) is 36.0 cm³/mol. The topological polar surface area (TPSA) is 70.8 Å². The summed E-state index contributed by atoms with van der Waals surface area (Å²) in [6.45, 7) is 0.864. The summed E-state index contributed by atoms with van der Waals surface area (Å²) in [5.74, 6) is 0. The third-order valence-electron chi connectivity index (χ3n) is 2.14. The first-order valence-electron chi connectivity index (χ1n) is 3.82. The molecule has 0 N–H and O–H groups in total. The van der Waals surface area contributed by atoms with Gasteiger partial charge in [-0.05, 0) is 6.42 Å². The Labute approximate surface area is 68.5 Å². The third-order valence-corrected chi connectivity index (χ3v) is 2.14. The van der Waals surface area contributed by atoms with Crippen LogP contribution in [0.25, 0.3) is 0 Å². The van der Waals surface area contributed by atoms with Crippen molar-refractivity contribution in [3.63, 3.8) is 0 Å². The molecule has 0 aromatic carbocycles. The van der Waals surface area contributed by atoms with Crippen molar-refractivity contribution in [1.29, 1.82) is 0 Å². The highest BCUT2D eigenvalue weighted by Crippen LogP contribution is 2.28. The monoisotopic (exact) mass is 175 g/mol. The Morgan fingerprint density at radius 3 is 3.08 bits per heavy atom. The Balaban J connectivity index is 1.95. The van der Waals surface area contributed by atoms with Crippen LogP contribution in [0.2, 0.25) is 0 Å². The molecule has 0 amide bonds. The van der Waals surface area contributed by atoms with E-state index in [1.807, 2.05) is 0 Å². The van der Waals surface area contributed by atoms with Gasteiger partial charge >= 0.3 is 0 Å². The number of hydrogen-bond acceptors (Lipinski definition) is 5. The summed E-state index contributed by atoms with van der Waals surface area (Å²) < 4.78 is 10.5. The summed E-state index contributed by atoms with van der Waals surface area (Å²) in [6, 6.07) is 0. The fourth-order valence-electron chi connectivity index (χ4n) is 1.63. The van der Waals surface area contributed by atoms with E-state index in [1.165, 1.54) is 0 Å². The Hall–Kier alpha value is -0.880. The van der Waals surface area contributed by atoms with Crippen molar-refractivity contribution < 1.29 is 19.4 Å². The molecular weight excluding hydrogens is 166 g/mol. The summed E-state index contributed by atoms with van der Waals surface area (Å²) >= 11 is 0. The van der Waals surface area contributed by atoms with Crippen molar-refractivity contribution in [2.24, 2.45) is 0 Å². The molecule has 0 aromatic rings. The maximum Gasteiger partial charge on any atom is 0.294 e. The fraction of sp³-hybridized carbons (Fsp3) is 1.00. The quantitative estimate of drug-likeness (QED) is 0.427. The minimum atomic E-state index is -0.794. The lowest BCUT2D eigenvalue weighted by Gasteiger charge is -2.12. The van der Waals surface area contributed by atoms with E-state index in [-0.39, 0.29) is 18.8 Å². The molecule has 3 atom stereocenters. The molecule has 2 fully saturated rings. The van der Waals surface area contributed by atoms with E-state index in [9.17, 15) is 10.1 Å². The standard InChI is InChI=1S/C6H9NO5/c8-7(9)12-5-3-11-4-1-2-10-6(4)5/h4-6H,1-3H2/t4?,5-,6?/m0/s1. The highest BCUT2D eigenvalue weighted by molar-refractivity contribution is 4.89. The first-order chi connectivity index (χ1) is 5.77. The van der Waals surface area contributed by atoms with E-state index >= 15 is 0 Å². The molecule has 0 saturated carbocycles. The van der Waals surface area contributed by atoms with E-state index < -0.39 is 11.2 Å². The SMILES string of the molecule is O=[N+]([O-])O[C@H]1COC2CCOC21. The van der Waals surface area contributed by atoms with Gasteiger partial charge in [-0.2, -0.15) is 0 Å². The second-order valence-electron chi connectivity index (χ2n) is 2.86. The minimum absolute atomic E-state index is 0.00468. The molecule has 12 heavy (non-hydrogen) atoms. The lowest BCUT2D eigenvalue weighted by Crippen LogP contribution is -2.31. The molecule has 0 aromatic heterocycles. The minimum Gasteiger partial charge on any atom is -0.373 e. The third kappa shape index (κ3) is 1.23. The Bertz CT molecular complexity index is 196. The predicted octanol–water partition coefficient (Wildman–Crippen LogP) is -0.249. The summed E-state index contributed by atoms with van der Waals surface area (Å²) in [5.41, 5.74) is 0. The van der Waals surface area contributed by atoms with Gasteiger partial charge in [-0.25, -0.2) is 0 Å². The van der Waals surface area contributed by atoms with Gasteiger partial charge in [0, 0.05) is 6.61 Å². The number of nitrogens with zero attached hydrogens (tertiary/aromatic N) is 1. The largest absolute Gasteiger partial charge is 0.373 e. The van der Waals surface area contributed by atoms with Crippen molar-refractivity contribution in [1.82, 2.24) is 0 Å². The number of hydrogen-bond donors (Lipinski definition) is 0. The first-order valence-corrected chi connectivity index (χ1v) is 3.82. The average molecular weight is 175 g/mol. The summed E-state index contributed by atoms with van der Waals surface area (Å²) in [7, 11) is 0. The molecule has 6 heteroatoms. The van der Waals surface area contributed by atoms with E-state index in [2.05, 4.69) is 4.84 Å². The molecule has 2 heterocycles. The van der Waals surface area contributed by atoms with Gasteiger partial charge in [0.25, 0.3) is 5.09 Å². The van der Waals surface area contributed by atoms with Gasteiger partial charge in [-0.3, -0.25) is 0 Å². The van der Waals surface area contributed by atoms with Gasteiger partial charge in [0.2, 0.25) is 0 Å². The Morgan fingerprint density at radius 1 is 1.50 bits per heavy atom. The molecule has 0 bridgehead atoms. The van der Waals surface area contributed by atoms with E-state index in [0.717, 1.165) is 6.42 Å². The van der Waals surface area contributed by atoms with Crippen LogP contribution in [0.15, 0.2) is 0 Å². The molecule has 2 aliphatic rings. The molecule has 2 aliphatic heterocycles. The van der Waals surface area contributed by atoms with Crippen molar-refractivity contribution in [2.75, 3.05) is 13.2 Å². The van der Waals surface area contributed by atoms with Crippen molar-refractivity contribution in [3.05, 3.63) is 10.1 Å². The first kappa shape index (κ1) is 7.75. The maximum absolute atomic E-state index is 10.0. The summed E-state index contributed by atoms with van der Waals surface area (Å²) in [6.07, 6.45) is 0.0280. The van der Waals surface area contributed by atoms with Crippen molar-refractivity contribution >= 4 is 0 Å². The fourth-order valence-corrected chi connectivity index (χ4v) is 1.63. The second-order valence-corrected chi connectivity index (χ2v) is 2.86. The van der Waals surface area contributed by atoms with Crippen molar-refractivity contribution in [3.8, 4) is 0 Å². The van der Waals surface area contributed by atoms with E-state index in [1.54, 1.807) is 0 Å². The Morgan fingerprint density at radius 2 is 2.33 bits per heavy atom. The molecule has 2 unspecified atom stereocenters. The number of ether oxygens (including phenoxy) is 2. The number of fused-ring (bicyclic) bond motifs is 1. The lowest BCUT2D eigenvalue weighted by molar-refractivity contribution is -0.769. The van der Waals surface area contributed by atoms with Crippen LogP contribution in [0.5, 0.6) is 0 Å². The number of rotatable bonds is 2. The van der Waals surface area contributed by atoms with Gasteiger partial charge in [-0.15, -0.1) is 10.1 Å². The van der Waals surface area contributed by atoms with Crippen LogP contribution < -0.4 is 0 Å².